The van der Waals surface area contributed by atoms with E-state index in [1.807, 2.05) is 12.4 Å². The summed E-state index contributed by atoms with van der Waals surface area (Å²) in [5, 5.41) is 0. The monoisotopic (exact) mass is 259 g/mol. The van der Waals surface area contributed by atoms with Gasteiger partial charge in [0, 0.05) is 23.8 Å². The molecular formula is C14H17N3S. The fraction of sp³-hybridized carbons (Fsp3) is 0.429. The molecule has 0 fully saturated rings. The van der Waals surface area contributed by atoms with Crippen molar-refractivity contribution < 1.29 is 0 Å². The Morgan fingerprint density at radius 2 is 2.11 bits per heavy atom. The van der Waals surface area contributed by atoms with Gasteiger partial charge in [-0.05, 0) is 67.9 Å². The maximum atomic E-state index is 5.04. The molecule has 0 saturated carbocycles. The first-order valence-electron chi connectivity index (χ1n) is 6.55. The van der Waals surface area contributed by atoms with Crippen LogP contribution in [0.5, 0.6) is 0 Å². The number of nitrogens with zero attached hydrogens (tertiary/aromatic N) is 1. The molecule has 94 valence electrons. The van der Waals surface area contributed by atoms with Crippen LogP contribution in [0, 0.1) is 4.77 Å². The normalized spacial score (nSPS) is 14.4. The quantitative estimate of drug-likeness (QED) is 0.832. The number of aryl methyl sites for hydroxylation is 3. The Balaban J connectivity index is 1.78. The van der Waals surface area contributed by atoms with Crippen molar-refractivity contribution in [2.75, 3.05) is 0 Å². The van der Waals surface area contributed by atoms with Crippen molar-refractivity contribution in [3.8, 4) is 0 Å². The van der Waals surface area contributed by atoms with Gasteiger partial charge < -0.3 is 9.97 Å². The lowest BCUT2D eigenvalue weighted by atomic mass is 9.90. The Morgan fingerprint density at radius 1 is 1.22 bits per heavy atom. The number of rotatable bonds is 3. The fourth-order valence-electron chi connectivity index (χ4n) is 2.70. The summed E-state index contributed by atoms with van der Waals surface area (Å²) < 4.78 is 0.710. The van der Waals surface area contributed by atoms with E-state index >= 15 is 0 Å². The maximum absolute atomic E-state index is 5.04. The highest BCUT2D eigenvalue weighted by Crippen LogP contribution is 2.23. The third kappa shape index (κ3) is 2.38. The predicted octanol–water partition coefficient (Wildman–Crippen LogP) is 3.13. The van der Waals surface area contributed by atoms with Crippen molar-refractivity contribution in [2.24, 2.45) is 0 Å². The van der Waals surface area contributed by atoms with Gasteiger partial charge in [-0.15, -0.1) is 0 Å². The molecule has 1 aliphatic carbocycles. The molecule has 2 heterocycles. The van der Waals surface area contributed by atoms with Crippen molar-refractivity contribution in [3.63, 3.8) is 0 Å². The van der Waals surface area contributed by atoms with Crippen LogP contribution in [0.25, 0.3) is 0 Å². The minimum absolute atomic E-state index is 0.710. The van der Waals surface area contributed by atoms with Crippen LogP contribution >= 0.6 is 12.2 Å². The molecule has 0 atom stereocenters. The SMILES string of the molecule is S=c1[nH]cc(CCc2ccnc3c2CCCC3)[nH]1. The molecular weight excluding hydrogens is 242 g/mol. The summed E-state index contributed by atoms with van der Waals surface area (Å²) in [6.45, 7) is 0. The molecule has 0 saturated heterocycles. The first-order valence-corrected chi connectivity index (χ1v) is 6.96. The van der Waals surface area contributed by atoms with Gasteiger partial charge in [-0.2, -0.15) is 0 Å². The minimum Gasteiger partial charge on any atom is -0.337 e. The summed E-state index contributed by atoms with van der Waals surface area (Å²) in [6, 6.07) is 2.17. The number of hydrogen-bond acceptors (Lipinski definition) is 2. The number of aromatic amines is 2. The van der Waals surface area contributed by atoms with Crippen molar-refractivity contribution in [1.29, 1.82) is 0 Å². The van der Waals surface area contributed by atoms with E-state index in [4.69, 9.17) is 12.2 Å². The Kier molecular flexibility index (Phi) is 3.28. The Hall–Kier alpha value is -1.42. The average molecular weight is 259 g/mol. The summed E-state index contributed by atoms with van der Waals surface area (Å²) in [5.74, 6) is 0. The molecule has 0 amide bonds. The summed E-state index contributed by atoms with van der Waals surface area (Å²) in [5.41, 5.74) is 5.46. The van der Waals surface area contributed by atoms with Crippen LogP contribution in [0.15, 0.2) is 18.5 Å². The van der Waals surface area contributed by atoms with Crippen molar-refractivity contribution in [1.82, 2.24) is 15.0 Å². The van der Waals surface area contributed by atoms with Gasteiger partial charge in [-0.25, -0.2) is 0 Å². The molecule has 0 spiro atoms. The first-order chi connectivity index (χ1) is 8.83. The highest BCUT2D eigenvalue weighted by molar-refractivity contribution is 7.71. The van der Waals surface area contributed by atoms with E-state index in [0.29, 0.717) is 4.77 Å². The number of nitrogens with one attached hydrogen (secondary N) is 2. The van der Waals surface area contributed by atoms with Gasteiger partial charge >= 0.3 is 0 Å². The zero-order valence-corrected chi connectivity index (χ0v) is 11.1. The molecule has 2 aromatic heterocycles. The number of hydrogen-bond donors (Lipinski definition) is 2. The molecule has 1 aliphatic rings. The highest BCUT2D eigenvalue weighted by atomic mass is 32.1. The number of H-pyrrole nitrogens is 2. The molecule has 0 radical (unpaired) electrons. The molecule has 0 aromatic carbocycles. The Labute approximate surface area is 112 Å². The van der Waals surface area contributed by atoms with Crippen molar-refractivity contribution in [3.05, 3.63) is 45.7 Å². The van der Waals surface area contributed by atoms with E-state index in [2.05, 4.69) is 21.0 Å². The molecule has 0 aliphatic heterocycles. The van der Waals surface area contributed by atoms with E-state index in [1.165, 1.54) is 41.8 Å². The highest BCUT2D eigenvalue weighted by Gasteiger charge is 2.13. The van der Waals surface area contributed by atoms with E-state index in [-0.39, 0.29) is 0 Å². The molecule has 0 bridgehead atoms. The smallest absolute Gasteiger partial charge is 0.174 e. The summed E-state index contributed by atoms with van der Waals surface area (Å²) in [6.07, 6.45) is 10.9. The van der Waals surface area contributed by atoms with Crippen LogP contribution in [0.1, 0.15) is 35.4 Å². The Bertz CT molecular complexity index is 597. The van der Waals surface area contributed by atoms with Crippen molar-refractivity contribution in [2.45, 2.75) is 38.5 Å². The van der Waals surface area contributed by atoms with Crippen molar-refractivity contribution >= 4 is 12.2 Å². The molecule has 3 rings (SSSR count). The summed E-state index contributed by atoms with van der Waals surface area (Å²) >= 11 is 5.04. The molecule has 4 heteroatoms. The molecule has 0 unspecified atom stereocenters. The van der Waals surface area contributed by atoms with Crippen LogP contribution in [0.4, 0.5) is 0 Å². The van der Waals surface area contributed by atoms with Crippen LogP contribution in [-0.2, 0) is 25.7 Å². The van der Waals surface area contributed by atoms with Gasteiger partial charge in [-0.1, -0.05) is 0 Å². The summed E-state index contributed by atoms with van der Waals surface area (Å²) in [4.78, 5) is 10.7. The first kappa shape index (κ1) is 11.7. The van der Waals surface area contributed by atoms with Gasteiger partial charge in [0.05, 0.1) is 0 Å². The second-order valence-electron chi connectivity index (χ2n) is 4.87. The molecule has 2 N–H and O–H groups in total. The van der Waals surface area contributed by atoms with E-state index in [1.54, 1.807) is 0 Å². The predicted molar refractivity (Wildman–Crippen MR) is 74.3 cm³/mol. The van der Waals surface area contributed by atoms with Crippen LogP contribution in [0.3, 0.4) is 0 Å². The zero-order chi connectivity index (χ0) is 12.4. The van der Waals surface area contributed by atoms with Gasteiger partial charge in [0.15, 0.2) is 4.77 Å². The van der Waals surface area contributed by atoms with Gasteiger partial charge in [0.2, 0.25) is 0 Å². The number of imidazole rings is 1. The van der Waals surface area contributed by atoms with E-state index in [0.717, 1.165) is 19.3 Å². The third-order valence-corrected chi connectivity index (χ3v) is 3.87. The second-order valence-corrected chi connectivity index (χ2v) is 5.28. The van der Waals surface area contributed by atoms with Gasteiger partial charge in [0.1, 0.15) is 0 Å². The zero-order valence-electron chi connectivity index (χ0n) is 10.3. The molecule has 3 nitrogen and oxygen atoms in total. The molecule has 2 aromatic rings. The third-order valence-electron chi connectivity index (χ3n) is 3.65. The Morgan fingerprint density at radius 3 is 2.94 bits per heavy atom. The topological polar surface area (TPSA) is 44.5 Å². The van der Waals surface area contributed by atoms with Gasteiger partial charge in [0.25, 0.3) is 0 Å². The minimum atomic E-state index is 0.710. The van der Waals surface area contributed by atoms with Crippen LogP contribution in [0.2, 0.25) is 0 Å². The average Bonchev–Trinajstić information content (AvgIpc) is 2.82. The lowest BCUT2D eigenvalue weighted by molar-refractivity contribution is 0.658. The van der Waals surface area contributed by atoms with Crippen LogP contribution < -0.4 is 0 Å². The number of fused-ring (bicyclic) bond motifs is 1. The number of pyridine rings is 1. The van der Waals surface area contributed by atoms with Gasteiger partial charge in [-0.3, -0.25) is 4.98 Å². The maximum Gasteiger partial charge on any atom is 0.174 e. The second kappa shape index (κ2) is 5.06. The largest absolute Gasteiger partial charge is 0.337 e. The summed E-state index contributed by atoms with van der Waals surface area (Å²) in [7, 11) is 0. The molecule has 18 heavy (non-hydrogen) atoms. The lowest BCUT2D eigenvalue weighted by Gasteiger charge is -2.18. The van der Waals surface area contributed by atoms with E-state index in [9.17, 15) is 0 Å². The lowest BCUT2D eigenvalue weighted by Crippen LogP contribution is -2.09. The van der Waals surface area contributed by atoms with E-state index < -0.39 is 0 Å². The number of aromatic nitrogens is 3. The fourth-order valence-corrected chi connectivity index (χ4v) is 2.89. The van der Waals surface area contributed by atoms with Crippen LogP contribution in [-0.4, -0.2) is 15.0 Å². The standard InChI is InChI=1S/C14H17N3S/c18-14-16-9-11(17-14)6-5-10-7-8-15-13-4-2-1-3-12(10)13/h7-9H,1-6H2,(H2,16,17,18).